The largest absolute Gasteiger partial charge is 0.508 e. The summed E-state index contributed by atoms with van der Waals surface area (Å²) in [6, 6.07) is 14.8. The highest BCUT2D eigenvalue weighted by Crippen LogP contribution is 2.35. The van der Waals surface area contributed by atoms with E-state index in [-0.39, 0.29) is 22.7 Å². The Morgan fingerprint density at radius 3 is 2.35 bits per heavy atom. The second-order valence-corrected chi connectivity index (χ2v) is 10.6. The third kappa shape index (κ3) is 5.01. The second kappa shape index (κ2) is 9.53. The summed E-state index contributed by atoms with van der Waals surface area (Å²) in [5.41, 5.74) is 1.83. The van der Waals surface area contributed by atoms with Crippen molar-refractivity contribution in [3.63, 3.8) is 0 Å². The Morgan fingerprint density at radius 1 is 1.10 bits per heavy atom. The number of sulfonamides is 1. The summed E-state index contributed by atoms with van der Waals surface area (Å²) < 4.78 is 26.8. The first kappa shape index (κ1) is 23.5. The maximum atomic E-state index is 12.8. The quantitative estimate of drug-likeness (QED) is 0.665. The lowest BCUT2D eigenvalue weighted by molar-refractivity contribution is 0.0306. The molecule has 0 saturated carbocycles. The van der Waals surface area contributed by atoms with E-state index in [1.165, 1.54) is 18.4 Å². The van der Waals surface area contributed by atoms with Crippen molar-refractivity contribution >= 4 is 10.0 Å². The van der Waals surface area contributed by atoms with Crippen LogP contribution in [0.1, 0.15) is 31.0 Å². The molecular weight excluding hydrogens is 410 g/mol. The van der Waals surface area contributed by atoms with E-state index >= 15 is 0 Å². The van der Waals surface area contributed by atoms with Crippen LogP contribution in [0.3, 0.4) is 0 Å². The highest BCUT2D eigenvalue weighted by Gasteiger charge is 2.35. The molecule has 1 N–H and O–H groups in total. The molecule has 0 bridgehead atoms. The van der Waals surface area contributed by atoms with Crippen molar-refractivity contribution in [3.8, 4) is 5.75 Å². The van der Waals surface area contributed by atoms with Crippen molar-refractivity contribution in [1.82, 2.24) is 14.1 Å². The van der Waals surface area contributed by atoms with Crippen molar-refractivity contribution in [2.24, 2.45) is 0 Å². The molecule has 2 aromatic carbocycles. The molecular formula is C24H33N3O3S. The van der Waals surface area contributed by atoms with Gasteiger partial charge in [0.15, 0.2) is 0 Å². The molecule has 3 atom stereocenters. The van der Waals surface area contributed by atoms with Crippen molar-refractivity contribution in [2.75, 3.05) is 33.7 Å². The van der Waals surface area contributed by atoms with E-state index in [0.717, 1.165) is 30.8 Å². The minimum atomic E-state index is -3.55. The van der Waals surface area contributed by atoms with Gasteiger partial charge in [-0.3, -0.25) is 9.80 Å². The number of hydrogen-bond donors (Lipinski definition) is 1. The van der Waals surface area contributed by atoms with Gasteiger partial charge in [-0.25, -0.2) is 12.7 Å². The van der Waals surface area contributed by atoms with Gasteiger partial charge >= 0.3 is 0 Å². The zero-order chi connectivity index (χ0) is 22.8. The Kier molecular flexibility index (Phi) is 7.21. The summed E-state index contributed by atoms with van der Waals surface area (Å²) >= 11 is 0. The minimum Gasteiger partial charge on any atom is -0.508 e. The minimum absolute atomic E-state index is 0.173. The SMILES string of the molecule is C=CCN1C[C@@H](C)N([C@H](c2cccc(O)c2)c2cccc(S(=O)(=O)N(C)C)c2)C[C@@H]1C. The standard InChI is InChI=1S/C24H33N3O3S/c1-6-13-26-16-19(3)27(17-18(26)2)24(20-9-7-11-22(28)14-20)21-10-8-12-23(15-21)31(29,30)25(4)5/h6-12,14-15,18-19,24,28H,1,13,16-17H2,2-5H3/t18-,19+,24+/m0/s1. The van der Waals surface area contributed by atoms with E-state index < -0.39 is 10.0 Å². The average molecular weight is 444 g/mol. The Bertz CT molecular complexity index is 1020. The van der Waals surface area contributed by atoms with E-state index in [4.69, 9.17) is 0 Å². The highest BCUT2D eigenvalue weighted by molar-refractivity contribution is 7.89. The van der Waals surface area contributed by atoms with Crippen LogP contribution in [0.15, 0.2) is 66.1 Å². The molecule has 0 aromatic heterocycles. The van der Waals surface area contributed by atoms with Crippen LogP contribution in [0.5, 0.6) is 5.75 Å². The Hall–Kier alpha value is -2.19. The van der Waals surface area contributed by atoms with Crippen LogP contribution in [0.4, 0.5) is 0 Å². The van der Waals surface area contributed by atoms with Crippen LogP contribution >= 0.6 is 0 Å². The van der Waals surface area contributed by atoms with Crippen molar-refractivity contribution in [1.29, 1.82) is 0 Å². The van der Waals surface area contributed by atoms with E-state index in [1.54, 1.807) is 30.3 Å². The maximum absolute atomic E-state index is 12.8. The molecule has 2 aromatic rings. The van der Waals surface area contributed by atoms with Gasteiger partial charge in [-0.05, 0) is 49.2 Å². The fraction of sp³-hybridized carbons (Fsp3) is 0.417. The summed E-state index contributed by atoms with van der Waals surface area (Å²) in [6.07, 6.45) is 1.93. The fourth-order valence-electron chi connectivity index (χ4n) is 4.33. The number of phenolic OH excluding ortho intramolecular Hbond substituents is 1. The predicted molar refractivity (Wildman–Crippen MR) is 125 cm³/mol. The molecule has 0 aliphatic carbocycles. The lowest BCUT2D eigenvalue weighted by Gasteiger charge is -2.47. The molecule has 0 unspecified atom stereocenters. The van der Waals surface area contributed by atoms with Gasteiger partial charge in [0, 0.05) is 45.8 Å². The molecule has 7 heteroatoms. The number of hydrogen-bond acceptors (Lipinski definition) is 5. The van der Waals surface area contributed by atoms with Gasteiger partial charge in [0.25, 0.3) is 0 Å². The maximum Gasteiger partial charge on any atom is 0.242 e. The number of rotatable bonds is 7. The van der Waals surface area contributed by atoms with Gasteiger partial charge in [-0.2, -0.15) is 0 Å². The smallest absolute Gasteiger partial charge is 0.242 e. The Labute approximate surface area is 186 Å². The fourth-order valence-corrected chi connectivity index (χ4v) is 5.29. The molecule has 1 fully saturated rings. The van der Waals surface area contributed by atoms with Gasteiger partial charge in [-0.1, -0.05) is 30.3 Å². The van der Waals surface area contributed by atoms with Gasteiger partial charge in [0.2, 0.25) is 10.0 Å². The summed E-state index contributed by atoms with van der Waals surface area (Å²) in [5.74, 6) is 0.200. The zero-order valence-corrected chi connectivity index (χ0v) is 19.6. The highest BCUT2D eigenvalue weighted by atomic mass is 32.2. The second-order valence-electron chi connectivity index (χ2n) is 8.49. The molecule has 1 aliphatic heterocycles. The van der Waals surface area contributed by atoms with Crippen LogP contribution in [-0.4, -0.2) is 73.4 Å². The molecule has 6 nitrogen and oxygen atoms in total. The number of nitrogens with zero attached hydrogens (tertiary/aromatic N) is 3. The Morgan fingerprint density at radius 2 is 1.74 bits per heavy atom. The average Bonchev–Trinajstić information content (AvgIpc) is 2.72. The van der Waals surface area contributed by atoms with Gasteiger partial charge in [0.05, 0.1) is 10.9 Å². The van der Waals surface area contributed by atoms with Gasteiger partial charge < -0.3 is 5.11 Å². The molecule has 3 rings (SSSR count). The van der Waals surface area contributed by atoms with Crippen LogP contribution in [0.25, 0.3) is 0 Å². The molecule has 1 saturated heterocycles. The van der Waals surface area contributed by atoms with Crippen molar-refractivity contribution in [2.45, 2.75) is 36.9 Å². The summed E-state index contributed by atoms with van der Waals surface area (Å²) in [7, 11) is -0.470. The first-order chi connectivity index (χ1) is 14.6. The summed E-state index contributed by atoms with van der Waals surface area (Å²) in [6.45, 7) is 10.8. The number of piperazine rings is 1. The molecule has 0 radical (unpaired) electrons. The summed E-state index contributed by atoms with van der Waals surface area (Å²) in [4.78, 5) is 5.08. The molecule has 1 aliphatic rings. The monoisotopic (exact) mass is 443 g/mol. The number of benzene rings is 2. The number of aromatic hydroxyl groups is 1. The molecule has 0 spiro atoms. The third-order valence-electron chi connectivity index (χ3n) is 6.00. The van der Waals surface area contributed by atoms with Crippen LogP contribution < -0.4 is 0 Å². The van der Waals surface area contributed by atoms with Crippen molar-refractivity contribution in [3.05, 3.63) is 72.3 Å². The van der Waals surface area contributed by atoms with Gasteiger partial charge in [-0.15, -0.1) is 6.58 Å². The van der Waals surface area contributed by atoms with E-state index in [2.05, 4.69) is 30.2 Å². The lowest BCUT2D eigenvalue weighted by atomic mass is 9.93. The number of phenols is 1. The first-order valence-electron chi connectivity index (χ1n) is 10.6. The van der Waals surface area contributed by atoms with Crippen molar-refractivity contribution < 1.29 is 13.5 Å². The third-order valence-corrected chi connectivity index (χ3v) is 7.81. The lowest BCUT2D eigenvalue weighted by Crippen LogP contribution is -2.57. The molecule has 168 valence electrons. The first-order valence-corrected chi connectivity index (χ1v) is 12.0. The normalized spacial score (nSPS) is 21.8. The molecule has 1 heterocycles. The van der Waals surface area contributed by atoms with E-state index in [1.807, 2.05) is 24.3 Å². The van der Waals surface area contributed by atoms with E-state index in [0.29, 0.717) is 6.04 Å². The van der Waals surface area contributed by atoms with E-state index in [9.17, 15) is 13.5 Å². The molecule has 31 heavy (non-hydrogen) atoms. The summed E-state index contributed by atoms with van der Waals surface area (Å²) in [5, 5.41) is 10.2. The van der Waals surface area contributed by atoms with Crippen LogP contribution in [0, 0.1) is 0 Å². The zero-order valence-electron chi connectivity index (χ0n) is 18.8. The Balaban J connectivity index is 2.08. The van der Waals surface area contributed by atoms with Gasteiger partial charge in [0.1, 0.15) is 5.75 Å². The molecule has 0 amide bonds. The topological polar surface area (TPSA) is 64.1 Å². The predicted octanol–water partition coefficient (Wildman–Crippen LogP) is 3.31. The van der Waals surface area contributed by atoms with Crippen LogP contribution in [0.2, 0.25) is 0 Å². The van der Waals surface area contributed by atoms with Crippen LogP contribution in [-0.2, 0) is 10.0 Å².